The largest absolute Gasteiger partial charge is 0.497 e. The van der Waals surface area contributed by atoms with Gasteiger partial charge in [-0.25, -0.2) is 0 Å². The molecular formula is C13H14N2O4. The first-order chi connectivity index (χ1) is 9.24. The molecule has 0 radical (unpaired) electrons. The number of aromatic nitrogens is 1. The van der Waals surface area contributed by atoms with Crippen molar-refractivity contribution in [3.05, 3.63) is 48.2 Å². The number of carbonyl (C=O) groups excluding carboxylic acids is 1. The molecule has 6 heteroatoms. The molecule has 2 aromatic rings. The van der Waals surface area contributed by atoms with Gasteiger partial charge in [0.2, 0.25) is 0 Å². The Labute approximate surface area is 110 Å². The molecule has 0 aliphatic rings. The van der Waals surface area contributed by atoms with Crippen LogP contribution in [0.25, 0.3) is 0 Å². The number of hydrogen-bond donors (Lipinski definition) is 2. The van der Waals surface area contributed by atoms with E-state index in [9.17, 15) is 9.90 Å². The monoisotopic (exact) mass is 262 g/mol. The molecule has 1 unspecified atom stereocenters. The number of aliphatic hydroxyl groups is 1. The third kappa shape index (κ3) is 3.11. The van der Waals surface area contributed by atoms with Gasteiger partial charge in [-0.05, 0) is 18.2 Å². The summed E-state index contributed by atoms with van der Waals surface area (Å²) in [7, 11) is 1.51. The van der Waals surface area contributed by atoms with Crippen LogP contribution in [-0.2, 0) is 0 Å². The van der Waals surface area contributed by atoms with Gasteiger partial charge in [0.25, 0.3) is 5.91 Å². The fourth-order valence-electron chi connectivity index (χ4n) is 1.59. The number of nitrogens with one attached hydrogen (secondary N) is 1. The SMILES string of the molecule is COc1ccnc(C(=O)NC(CO)c2ccco2)c1. The molecule has 2 rings (SSSR count). The van der Waals surface area contributed by atoms with Crippen molar-refractivity contribution in [2.75, 3.05) is 13.7 Å². The number of methoxy groups -OCH3 is 1. The average molecular weight is 262 g/mol. The fourth-order valence-corrected chi connectivity index (χ4v) is 1.59. The summed E-state index contributed by atoms with van der Waals surface area (Å²) in [5, 5.41) is 11.9. The first kappa shape index (κ1) is 13.1. The summed E-state index contributed by atoms with van der Waals surface area (Å²) >= 11 is 0. The normalized spacial score (nSPS) is 11.9. The molecule has 2 N–H and O–H groups in total. The third-order valence-electron chi connectivity index (χ3n) is 2.57. The molecule has 0 fully saturated rings. The maximum absolute atomic E-state index is 12.0. The molecule has 0 saturated heterocycles. The van der Waals surface area contributed by atoms with Gasteiger partial charge in [-0.1, -0.05) is 0 Å². The van der Waals surface area contributed by atoms with E-state index in [1.807, 2.05) is 0 Å². The van der Waals surface area contributed by atoms with Crippen molar-refractivity contribution in [2.24, 2.45) is 0 Å². The number of amides is 1. The zero-order valence-corrected chi connectivity index (χ0v) is 10.4. The first-order valence-corrected chi connectivity index (χ1v) is 5.69. The Morgan fingerprint density at radius 3 is 3.05 bits per heavy atom. The highest BCUT2D eigenvalue weighted by Crippen LogP contribution is 2.14. The minimum Gasteiger partial charge on any atom is -0.497 e. The van der Waals surface area contributed by atoms with E-state index in [-0.39, 0.29) is 12.3 Å². The highest BCUT2D eigenvalue weighted by Gasteiger charge is 2.18. The average Bonchev–Trinajstić information content (AvgIpc) is 2.98. The Balaban J connectivity index is 2.11. The van der Waals surface area contributed by atoms with Crippen LogP contribution in [0.3, 0.4) is 0 Å². The van der Waals surface area contributed by atoms with Gasteiger partial charge >= 0.3 is 0 Å². The molecule has 0 aliphatic heterocycles. The number of pyridine rings is 1. The topological polar surface area (TPSA) is 84.6 Å². The molecule has 1 atom stereocenters. The molecule has 100 valence electrons. The van der Waals surface area contributed by atoms with E-state index < -0.39 is 11.9 Å². The van der Waals surface area contributed by atoms with Gasteiger partial charge in [0.1, 0.15) is 23.2 Å². The van der Waals surface area contributed by atoms with Crippen molar-refractivity contribution in [3.63, 3.8) is 0 Å². The van der Waals surface area contributed by atoms with Crippen LogP contribution in [0.2, 0.25) is 0 Å². The van der Waals surface area contributed by atoms with Gasteiger partial charge in [-0.2, -0.15) is 0 Å². The van der Waals surface area contributed by atoms with E-state index in [0.29, 0.717) is 11.5 Å². The number of nitrogens with zero attached hydrogens (tertiary/aromatic N) is 1. The molecule has 2 aromatic heterocycles. The second kappa shape index (κ2) is 6.01. The molecule has 19 heavy (non-hydrogen) atoms. The van der Waals surface area contributed by atoms with Gasteiger partial charge in [-0.3, -0.25) is 9.78 Å². The lowest BCUT2D eigenvalue weighted by atomic mass is 10.2. The van der Waals surface area contributed by atoms with Crippen LogP contribution in [-0.4, -0.2) is 29.7 Å². The molecule has 0 saturated carbocycles. The Bertz CT molecular complexity index is 539. The van der Waals surface area contributed by atoms with Gasteiger partial charge in [0.15, 0.2) is 0 Å². The number of carbonyl (C=O) groups is 1. The summed E-state index contributed by atoms with van der Waals surface area (Å²) in [4.78, 5) is 15.9. The number of rotatable bonds is 5. The molecular weight excluding hydrogens is 248 g/mol. The van der Waals surface area contributed by atoms with Crippen molar-refractivity contribution in [2.45, 2.75) is 6.04 Å². The number of hydrogen-bond acceptors (Lipinski definition) is 5. The third-order valence-corrected chi connectivity index (χ3v) is 2.57. The standard InChI is InChI=1S/C13H14N2O4/c1-18-9-4-5-14-10(7-9)13(17)15-11(8-16)12-3-2-6-19-12/h2-7,11,16H,8H2,1H3,(H,15,17). The van der Waals surface area contributed by atoms with Crippen LogP contribution < -0.4 is 10.1 Å². The van der Waals surface area contributed by atoms with Crippen LogP contribution in [0.15, 0.2) is 41.1 Å². The van der Waals surface area contributed by atoms with Gasteiger partial charge in [0, 0.05) is 12.3 Å². The Morgan fingerprint density at radius 1 is 1.58 bits per heavy atom. The fraction of sp³-hybridized carbons (Fsp3) is 0.231. The lowest BCUT2D eigenvalue weighted by Gasteiger charge is -2.13. The van der Waals surface area contributed by atoms with Crippen molar-refractivity contribution in [1.82, 2.24) is 10.3 Å². The maximum atomic E-state index is 12.0. The summed E-state index contributed by atoms with van der Waals surface area (Å²) in [6.07, 6.45) is 2.96. The Morgan fingerprint density at radius 2 is 2.42 bits per heavy atom. The quantitative estimate of drug-likeness (QED) is 0.844. The Kier molecular flexibility index (Phi) is 4.15. The number of ether oxygens (including phenoxy) is 1. The second-order valence-electron chi connectivity index (χ2n) is 3.80. The summed E-state index contributed by atoms with van der Waals surface area (Å²) in [6, 6.07) is 5.93. The van der Waals surface area contributed by atoms with E-state index in [0.717, 1.165) is 0 Å². The molecule has 0 spiro atoms. The minimum atomic E-state index is -0.601. The molecule has 2 heterocycles. The lowest BCUT2D eigenvalue weighted by Crippen LogP contribution is -2.31. The zero-order valence-electron chi connectivity index (χ0n) is 10.4. The van der Waals surface area contributed by atoms with Crippen molar-refractivity contribution in [1.29, 1.82) is 0 Å². The predicted molar refractivity (Wildman–Crippen MR) is 66.8 cm³/mol. The summed E-state index contributed by atoms with van der Waals surface area (Å²) < 4.78 is 10.2. The van der Waals surface area contributed by atoms with Crippen molar-refractivity contribution >= 4 is 5.91 Å². The van der Waals surface area contributed by atoms with E-state index in [2.05, 4.69) is 10.3 Å². The molecule has 0 aliphatic carbocycles. The zero-order chi connectivity index (χ0) is 13.7. The number of aliphatic hydroxyl groups excluding tert-OH is 1. The van der Waals surface area contributed by atoms with Crippen LogP contribution in [0.5, 0.6) is 5.75 Å². The van der Waals surface area contributed by atoms with Crippen molar-refractivity contribution < 1.29 is 19.1 Å². The molecule has 1 amide bonds. The first-order valence-electron chi connectivity index (χ1n) is 5.69. The van der Waals surface area contributed by atoms with E-state index in [4.69, 9.17) is 9.15 Å². The second-order valence-corrected chi connectivity index (χ2v) is 3.80. The van der Waals surface area contributed by atoms with Gasteiger partial charge < -0.3 is 19.6 Å². The molecule has 6 nitrogen and oxygen atoms in total. The molecule has 0 aromatic carbocycles. The smallest absolute Gasteiger partial charge is 0.270 e. The van der Waals surface area contributed by atoms with E-state index >= 15 is 0 Å². The lowest BCUT2D eigenvalue weighted by molar-refractivity contribution is 0.0902. The summed E-state index contributed by atoms with van der Waals surface area (Å²) in [5.74, 6) is 0.617. The predicted octanol–water partition coefficient (Wildman–Crippen LogP) is 1.15. The van der Waals surface area contributed by atoms with Crippen LogP contribution in [0.4, 0.5) is 0 Å². The highest BCUT2D eigenvalue weighted by atomic mass is 16.5. The summed E-state index contributed by atoms with van der Waals surface area (Å²) in [6.45, 7) is -0.261. The van der Waals surface area contributed by atoms with Crippen LogP contribution in [0.1, 0.15) is 22.3 Å². The minimum absolute atomic E-state index is 0.212. The maximum Gasteiger partial charge on any atom is 0.270 e. The summed E-state index contributed by atoms with van der Waals surface area (Å²) in [5.41, 5.74) is 0.212. The van der Waals surface area contributed by atoms with Crippen molar-refractivity contribution in [3.8, 4) is 5.75 Å². The number of furan rings is 1. The highest BCUT2D eigenvalue weighted by molar-refractivity contribution is 5.92. The van der Waals surface area contributed by atoms with E-state index in [1.165, 1.54) is 25.6 Å². The van der Waals surface area contributed by atoms with Gasteiger partial charge in [-0.15, -0.1) is 0 Å². The van der Waals surface area contributed by atoms with Crippen LogP contribution in [0, 0.1) is 0 Å². The molecule has 0 bridgehead atoms. The van der Waals surface area contributed by atoms with Crippen LogP contribution >= 0.6 is 0 Å². The van der Waals surface area contributed by atoms with Gasteiger partial charge in [0.05, 0.1) is 20.0 Å². The van der Waals surface area contributed by atoms with E-state index in [1.54, 1.807) is 18.2 Å². The Hall–Kier alpha value is -2.34.